The Bertz CT molecular complexity index is 677. The van der Waals surface area contributed by atoms with Crippen molar-refractivity contribution >= 4 is 62.1 Å². The standard InChI is InChI=1S/C17H18I2O3/c1-17(2,3)22-16(20)21-14-7-6-11-8-13(15(19)10-18)5-4-12(11)9-14/h4-9,15H,10H2,1-3H3. The van der Waals surface area contributed by atoms with Crippen LogP contribution < -0.4 is 4.74 Å². The van der Waals surface area contributed by atoms with E-state index in [2.05, 4.69) is 63.4 Å². The first-order chi connectivity index (χ1) is 10.3. The second kappa shape index (κ2) is 7.33. The van der Waals surface area contributed by atoms with Crippen LogP contribution >= 0.6 is 45.2 Å². The zero-order valence-electron chi connectivity index (χ0n) is 12.7. The molecule has 0 aliphatic carbocycles. The number of carbonyl (C=O) groups excluding carboxylic acids is 1. The van der Waals surface area contributed by atoms with Gasteiger partial charge in [-0.3, -0.25) is 0 Å². The molecular formula is C17H18I2O3. The number of rotatable bonds is 3. The molecule has 0 saturated carbocycles. The number of hydrogen-bond acceptors (Lipinski definition) is 3. The molecule has 0 fully saturated rings. The topological polar surface area (TPSA) is 35.5 Å². The Morgan fingerprint density at radius 3 is 2.41 bits per heavy atom. The third-order valence-electron chi connectivity index (χ3n) is 2.92. The Kier molecular flexibility index (Phi) is 5.93. The zero-order chi connectivity index (χ0) is 16.3. The first kappa shape index (κ1) is 17.8. The molecule has 0 aromatic heterocycles. The molecular weight excluding hydrogens is 506 g/mol. The second-order valence-corrected chi connectivity index (χ2v) is 8.34. The highest BCUT2D eigenvalue weighted by Crippen LogP contribution is 2.30. The first-order valence-corrected chi connectivity index (χ1v) is 9.70. The van der Waals surface area contributed by atoms with E-state index in [1.54, 1.807) is 6.07 Å². The van der Waals surface area contributed by atoms with E-state index in [1.807, 2.05) is 32.9 Å². The number of benzene rings is 2. The summed E-state index contributed by atoms with van der Waals surface area (Å²) < 4.78 is 12.0. The van der Waals surface area contributed by atoms with Crippen LogP contribution in [0, 0.1) is 0 Å². The van der Waals surface area contributed by atoms with Gasteiger partial charge in [0.05, 0.1) is 0 Å². The summed E-state index contributed by atoms with van der Waals surface area (Å²) in [5.74, 6) is 0.495. The molecule has 5 heteroatoms. The number of alkyl halides is 2. The predicted molar refractivity (Wildman–Crippen MR) is 106 cm³/mol. The Morgan fingerprint density at radius 1 is 1.14 bits per heavy atom. The van der Waals surface area contributed by atoms with Crippen molar-refractivity contribution in [1.82, 2.24) is 0 Å². The second-order valence-electron chi connectivity index (χ2n) is 5.96. The van der Waals surface area contributed by atoms with E-state index in [0.717, 1.165) is 15.2 Å². The van der Waals surface area contributed by atoms with Crippen molar-refractivity contribution in [2.24, 2.45) is 0 Å². The van der Waals surface area contributed by atoms with Crippen LogP contribution in [0.25, 0.3) is 10.8 Å². The normalized spacial score (nSPS) is 13.0. The van der Waals surface area contributed by atoms with Gasteiger partial charge in [-0.1, -0.05) is 69.4 Å². The minimum Gasteiger partial charge on any atom is -0.428 e. The van der Waals surface area contributed by atoms with Gasteiger partial charge in [0, 0.05) is 8.35 Å². The van der Waals surface area contributed by atoms with Crippen LogP contribution in [0.4, 0.5) is 4.79 Å². The molecule has 1 atom stereocenters. The Morgan fingerprint density at radius 2 is 1.77 bits per heavy atom. The van der Waals surface area contributed by atoms with E-state index in [9.17, 15) is 4.79 Å². The zero-order valence-corrected chi connectivity index (χ0v) is 17.0. The van der Waals surface area contributed by atoms with E-state index >= 15 is 0 Å². The fourth-order valence-electron chi connectivity index (χ4n) is 1.96. The maximum absolute atomic E-state index is 11.7. The summed E-state index contributed by atoms with van der Waals surface area (Å²) in [4.78, 5) is 11.7. The summed E-state index contributed by atoms with van der Waals surface area (Å²) in [6.45, 7) is 5.43. The maximum Gasteiger partial charge on any atom is 0.514 e. The molecule has 2 aromatic rings. The first-order valence-electron chi connectivity index (χ1n) is 6.93. The van der Waals surface area contributed by atoms with Gasteiger partial charge in [0.25, 0.3) is 0 Å². The van der Waals surface area contributed by atoms with Crippen molar-refractivity contribution in [1.29, 1.82) is 0 Å². The summed E-state index contributed by atoms with van der Waals surface area (Å²) in [6, 6.07) is 12.0. The third kappa shape index (κ3) is 4.97. The SMILES string of the molecule is CC(C)(C)OC(=O)Oc1ccc2cc(C(I)CI)ccc2c1. The molecule has 118 valence electrons. The molecule has 0 aliphatic heterocycles. The lowest BCUT2D eigenvalue weighted by Crippen LogP contribution is -2.25. The van der Waals surface area contributed by atoms with Gasteiger partial charge in [-0.15, -0.1) is 0 Å². The van der Waals surface area contributed by atoms with Gasteiger partial charge in [-0.2, -0.15) is 0 Å². The third-order valence-corrected chi connectivity index (χ3v) is 6.65. The largest absolute Gasteiger partial charge is 0.514 e. The molecule has 3 nitrogen and oxygen atoms in total. The number of ether oxygens (including phenoxy) is 2. The monoisotopic (exact) mass is 524 g/mol. The highest BCUT2D eigenvalue weighted by Gasteiger charge is 2.18. The summed E-state index contributed by atoms with van der Waals surface area (Å²) in [5.41, 5.74) is 0.751. The summed E-state index contributed by atoms with van der Waals surface area (Å²) in [6.07, 6.45) is -0.680. The Hall–Kier alpha value is -0.570. The minimum absolute atomic E-state index is 0.495. The van der Waals surface area contributed by atoms with Crippen LogP contribution in [0.3, 0.4) is 0 Å². The van der Waals surface area contributed by atoms with Crippen LogP contribution in [-0.4, -0.2) is 16.2 Å². The summed E-state index contributed by atoms with van der Waals surface area (Å²) in [5, 5.41) is 2.18. The molecule has 0 radical (unpaired) electrons. The van der Waals surface area contributed by atoms with Gasteiger partial charge in [0.15, 0.2) is 0 Å². The predicted octanol–water partition coefficient (Wildman–Crippen LogP) is 6.06. The van der Waals surface area contributed by atoms with E-state index in [4.69, 9.17) is 9.47 Å². The molecule has 22 heavy (non-hydrogen) atoms. The van der Waals surface area contributed by atoms with Crippen molar-refractivity contribution in [3.63, 3.8) is 0 Å². The molecule has 1 unspecified atom stereocenters. The van der Waals surface area contributed by atoms with Crippen molar-refractivity contribution < 1.29 is 14.3 Å². The van der Waals surface area contributed by atoms with Gasteiger partial charge >= 0.3 is 6.16 Å². The molecule has 0 N–H and O–H groups in total. The number of fused-ring (bicyclic) bond motifs is 1. The minimum atomic E-state index is -0.680. The highest BCUT2D eigenvalue weighted by atomic mass is 127. The highest BCUT2D eigenvalue weighted by molar-refractivity contribution is 14.1. The van der Waals surface area contributed by atoms with Crippen LogP contribution in [0.15, 0.2) is 36.4 Å². The number of hydrogen-bond donors (Lipinski definition) is 0. The smallest absolute Gasteiger partial charge is 0.428 e. The lowest BCUT2D eigenvalue weighted by atomic mass is 10.1. The van der Waals surface area contributed by atoms with Gasteiger partial charge in [0.2, 0.25) is 0 Å². The molecule has 0 bridgehead atoms. The van der Waals surface area contributed by atoms with Crippen LogP contribution in [0.1, 0.15) is 30.3 Å². The summed E-state index contributed by atoms with van der Waals surface area (Å²) >= 11 is 4.84. The Labute approximate surface area is 158 Å². The average molecular weight is 524 g/mol. The Balaban J connectivity index is 2.19. The average Bonchev–Trinajstić information content (AvgIpc) is 2.43. The molecule has 0 heterocycles. The molecule has 0 aliphatic rings. The lowest BCUT2D eigenvalue weighted by molar-refractivity contribution is 0.0206. The molecule has 0 amide bonds. The van der Waals surface area contributed by atoms with Gasteiger partial charge < -0.3 is 9.47 Å². The van der Waals surface area contributed by atoms with Gasteiger partial charge in [-0.25, -0.2) is 4.79 Å². The molecule has 2 rings (SSSR count). The molecule has 0 spiro atoms. The summed E-state index contributed by atoms with van der Waals surface area (Å²) in [7, 11) is 0. The van der Waals surface area contributed by atoms with Crippen LogP contribution in [-0.2, 0) is 4.74 Å². The van der Waals surface area contributed by atoms with Gasteiger partial charge in [0.1, 0.15) is 11.4 Å². The van der Waals surface area contributed by atoms with Crippen LogP contribution in [0.2, 0.25) is 0 Å². The van der Waals surface area contributed by atoms with E-state index in [-0.39, 0.29) is 0 Å². The lowest BCUT2D eigenvalue weighted by Gasteiger charge is -2.18. The fraction of sp³-hybridized carbons (Fsp3) is 0.353. The van der Waals surface area contributed by atoms with Crippen molar-refractivity contribution in [2.45, 2.75) is 30.3 Å². The molecule has 2 aromatic carbocycles. The number of halogens is 2. The fourth-order valence-corrected chi connectivity index (χ4v) is 2.85. The number of carbonyl (C=O) groups is 1. The van der Waals surface area contributed by atoms with E-state index in [1.165, 1.54) is 5.56 Å². The molecule has 0 saturated heterocycles. The van der Waals surface area contributed by atoms with E-state index < -0.39 is 11.8 Å². The quantitative estimate of drug-likeness (QED) is 0.212. The van der Waals surface area contributed by atoms with Crippen molar-refractivity contribution in [3.8, 4) is 5.75 Å². The van der Waals surface area contributed by atoms with Crippen molar-refractivity contribution in [3.05, 3.63) is 42.0 Å². The maximum atomic E-state index is 11.7. The van der Waals surface area contributed by atoms with Crippen molar-refractivity contribution in [2.75, 3.05) is 4.43 Å². The van der Waals surface area contributed by atoms with Gasteiger partial charge in [-0.05, 0) is 49.2 Å². The van der Waals surface area contributed by atoms with E-state index in [0.29, 0.717) is 9.67 Å². The van der Waals surface area contributed by atoms with Crippen LogP contribution in [0.5, 0.6) is 5.75 Å².